The number of ketones is 1. The van der Waals surface area contributed by atoms with Crippen LogP contribution in [0.4, 0.5) is 10.7 Å². The second-order valence-electron chi connectivity index (χ2n) is 6.01. The van der Waals surface area contributed by atoms with Crippen molar-refractivity contribution >= 4 is 27.8 Å². The maximum atomic E-state index is 11.8. The van der Waals surface area contributed by atoms with E-state index in [0.717, 1.165) is 24.6 Å². The Hall–Kier alpha value is -1.27. The van der Waals surface area contributed by atoms with Crippen molar-refractivity contribution in [3.63, 3.8) is 0 Å². The number of likely N-dealkylation sites (N-methyl/N-ethyl adjacent to an activating group) is 1. The summed E-state index contributed by atoms with van der Waals surface area (Å²) in [7, 11) is 2.13. The molecule has 1 aromatic rings. The van der Waals surface area contributed by atoms with Crippen LogP contribution < -0.4 is 15.4 Å². The number of Topliss-reactive ketones (excluding diaryl/α,β-unsaturated/α-hetero) is 1. The SMILES string of the molecule is CC(=O)c1sc(N2CCN(C)CC2C)c(OC(C)C)c1N. The number of anilines is 2. The predicted molar refractivity (Wildman–Crippen MR) is 88.8 cm³/mol. The summed E-state index contributed by atoms with van der Waals surface area (Å²) < 4.78 is 5.91. The summed E-state index contributed by atoms with van der Waals surface area (Å²) >= 11 is 1.46. The van der Waals surface area contributed by atoms with Gasteiger partial charge in [-0.1, -0.05) is 0 Å². The lowest BCUT2D eigenvalue weighted by atomic mass is 10.2. The van der Waals surface area contributed by atoms with Crippen molar-refractivity contribution in [3.05, 3.63) is 4.88 Å². The Bertz CT molecular complexity index is 527. The van der Waals surface area contributed by atoms with Crippen LogP contribution in [0.5, 0.6) is 5.75 Å². The van der Waals surface area contributed by atoms with Crippen molar-refractivity contribution in [2.24, 2.45) is 0 Å². The van der Waals surface area contributed by atoms with Crippen molar-refractivity contribution < 1.29 is 9.53 Å². The van der Waals surface area contributed by atoms with E-state index in [1.165, 1.54) is 11.3 Å². The van der Waals surface area contributed by atoms with Crippen LogP contribution >= 0.6 is 11.3 Å². The highest BCUT2D eigenvalue weighted by Gasteiger charge is 2.29. The highest BCUT2D eigenvalue weighted by molar-refractivity contribution is 7.19. The van der Waals surface area contributed by atoms with E-state index in [2.05, 4.69) is 23.8 Å². The van der Waals surface area contributed by atoms with Gasteiger partial charge in [0.1, 0.15) is 5.00 Å². The highest BCUT2D eigenvalue weighted by atomic mass is 32.1. The third-order valence-corrected chi connectivity index (χ3v) is 4.97. The van der Waals surface area contributed by atoms with E-state index in [9.17, 15) is 4.79 Å². The fourth-order valence-electron chi connectivity index (χ4n) is 2.66. The summed E-state index contributed by atoms with van der Waals surface area (Å²) in [5.41, 5.74) is 6.65. The number of piperazine rings is 1. The lowest BCUT2D eigenvalue weighted by Gasteiger charge is -2.39. The van der Waals surface area contributed by atoms with Crippen LogP contribution in [-0.2, 0) is 0 Å². The molecule has 1 fully saturated rings. The van der Waals surface area contributed by atoms with E-state index in [1.54, 1.807) is 6.92 Å². The standard InChI is InChI=1S/C15H25N3O2S/c1-9(2)20-13-12(16)14(11(4)19)21-15(13)18-7-6-17(5)8-10(18)3/h9-10H,6-8,16H2,1-5H3. The fraction of sp³-hybridized carbons (Fsp3) is 0.667. The first-order chi connectivity index (χ1) is 9.81. The topological polar surface area (TPSA) is 58.8 Å². The molecule has 1 atom stereocenters. The van der Waals surface area contributed by atoms with Gasteiger partial charge in [0, 0.05) is 32.6 Å². The Labute approximate surface area is 130 Å². The molecular formula is C15H25N3O2S. The monoisotopic (exact) mass is 311 g/mol. The van der Waals surface area contributed by atoms with Crippen LogP contribution in [0.2, 0.25) is 0 Å². The number of thiophene rings is 1. The molecule has 1 saturated heterocycles. The maximum absolute atomic E-state index is 11.8. The van der Waals surface area contributed by atoms with Crippen molar-refractivity contribution in [3.8, 4) is 5.75 Å². The summed E-state index contributed by atoms with van der Waals surface area (Å²) in [5.74, 6) is 0.677. The summed E-state index contributed by atoms with van der Waals surface area (Å²) in [6, 6.07) is 0.371. The molecule has 0 aliphatic carbocycles. The van der Waals surface area contributed by atoms with Crippen molar-refractivity contribution in [2.45, 2.75) is 39.8 Å². The molecule has 0 bridgehead atoms. The minimum atomic E-state index is -0.000799. The van der Waals surface area contributed by atoms with Gasteiger partial charge in [-0.2, -0.15) is 0 Å². The van der Waals surface area contributed by atoms with Gasteiger partial charge in [0.15, 0.2) is 11.5 Å². The molecular weight excluding hydrogens is 286 g/mol. The van der Waals surface area contributed by atoms with Gasteiger partial charge in [-0.3, -0.25) is 4.79 Å². The first kappa shape index (κ1) is 16.1. The number of carbonyl (C=O) groups is 1. The molecule has 0 amide bonds. The first-order valence-corrected chi connectivity index (χ1v) is 8.18. The summed E-state index contributed by atoms with van der Waals surface area (Å²) in [6.07, 6.45) is 0.0308. The van der Waals surface area contributed by atoms with E-state index in [-0.39, 0.29) is 11.9 Å². The smallest absolute Gasteiger partial charge is 0.177 e. The number of rotatable bonds is 4. The van der Waals surface area contributed by atoms with Crippen molar-refractivity contribution in [1.29, 1.82) is 0 Å². The number of nitrogens with zero attached hydrogens (tertiary/aromatic N) is 2. The lowest BCUT2D eigenvalue weighted by Crippen LogP contribution is -2.50. The second-order valence-corrected chi connectivity index (χ2v) is 7.01. The minimum absolute atomic E-state index is 0.000799. The number of hydrogen-bond acceptors (Lipinski definition) is 6. The van der Waals surface area contributed by atoms with Crippen molar-refractivity contribution in [2.75, 3.05) is 37.3 Å². The van der Waals surface area contributed by atoms with E-state index < -0.39 is 0 Å². The van der Waals surface area contributed by atoms with Gasteiger partial charge in [-0.25, -0.2) is 0 Å². The number of ether oxygens (including phenoxy) is 1. The molecule has 1 aliphatic heterocycles. The van der Waals surface area contributed by atoms with Crippen LogP contribution in [0.15, 0.2) is 0 Å². The van der Waals surface area contributed by atoms with Gasteiger partial charge >= 0.3 is 0 Å². The molecule has 0 radical (unpaired) electrons. The highest BCUT2D eigenvalue weighted by Crippen LogP contribution is 2.46. The zero-order valence-corrected chi connectivity index (χ0v) is 14.3. The molecule has 1 aliphatic rings. The van der Waals surface area contributed by atoms with Crippen LogP contribution in [0.1, 0.15) is 37.4 Å². The van der Waals surface area contributed by atoms with Gasteiger partial charge < -0.3 is 20.3 Å². The predicted octanol–water partition coefficient (Wildman–Crippen LogP) is 2.46. The van der Waals surface area contributed by atoms with E-state index in [0.29, 0.717) is 22.4 Å². The zero-order valence-electron chi connectivity index (χ0n) is 13.5. The van der Waals surface area contributed by atoms with Crippen LogP contribution in [0.25, 0.3) is 0 Å². The maximum Gasteiger partial charge on any atom is 0.177 e. The second kappa shape index (κ2) is 6.23. The number of carbonyl (C=O) groups excluding carboxylic acids is 1. The molecule has 0 spiro atoms. The lowest BCUT2D eigenvalue weighted by molar-refractivity contribution is 0.102. The molecule has 0 aromatic carbocycles. The van der Waals surface area contributed by atoms with Gasteiger partial charge in [-0.05, 0) is 27.8 Å². The number of nitrogen functional groups attached to an aromatic ring is 1. The molecule has 2 N–H and O–H groups in total. The Morgan fingerprint density at radius 1 is 1.43 bits per heavy atom. The Morgan fingerprint density at radius 3 is 2.62 bits per heavy atom. The third-order valence-electron chi connectivity index (χ3n) is 3.65. The largest absolute Gasteiger partial charge is 0.486 e. The normalized spacial score (nSPS) is 20.1. The van der Waals surface area contributed by atoms with E-state index in [4.69, 9.17) is 10.5 Å². The average Bonchev–Trinajstić information content (AvgIpc) is 2.67. The summed E-state index contributed by atoms with van der Waals surface area (Å²) in [5, 5.41) is 0.993. The fourth-order valence-corrected chi connectivity index (χ4v) is 3.84. The molecule has 1 aromatic heterocycles. The quantitative estimate of drug-likeness (QED) is 0.866. The number of nitrogens with two attached hydrogens (primary N) is 1. The molecule has 2 rings (SSSR count). The molecule has 118 valence electrons. The van der Waals surface area contributed by atoms with Crippen LogP contribution in [-0.4, -0.2) is 49.5 Å². The van der Waals surface area contributed by atoms with Gasteiger partial charge in [-0.15, -0.1) is 11.3 Å². The van der Waals surface area contributed by atoms with Gasteiger partial charge in [0.05, 0.1) is 16.7 Å². The molecule has 0 saturated carbocycles. The average molecular weight is 311 g/mol. The van der Waals surface area contributed by atoms with Gasteiger partial charge in [0.2, 0.25) is 0 Å². The Morgan fingerprint density at radius 2 is 2.10 bits per heavy atom. The van der Waals surface area contributed by atoms with Crippen molar-refractivity contribution in [1.82, 2.24) is 4.90 Å². The first-order valence-electron chi connectivity index (χ1n) is 7.36. The summed E-state index contributed by atoms with van der Waals surface area (Å²) in [6.45, 7) is 10.6. The summed E-state index contributed by atoms with van der Waals surface area (Å²) in [4.78, 5) is 17.0. The van der Waals surface area contributed by atoms with Crippen LogP contribution in [0, 0.1) is 0 Å². The van der Waals surface area contributed by atoms with E-state index in [1.807, 2.05) is 13.8 Å². The van der Waals surface area contributed by atoms with Gasteiger partial charge in [0.25, 0.3) is 0 Å². The molecule has 1 unspecified atom stereocenters. The zero-order chi connectivity index (χ0) is 15.7. The Kier molecular flexibility index (Phi) is 4.78. The van der Waals surface area contributed by atoms with Crippen LogP contribution in [0.3, 0.4) is 0 Å². The molecule has 5 nitrogen and oxygen atoms in total. The Balaban J connectivity index is 2.41. The molecule has 2 heterocycles. The third kappa shape index (κ3) is 3.32. The molecule has 6 heteroatoms. The molecule has 21 heavy (non-hydrogen) atoms. The van der Waals surface area contributed by atoms with E-state index >= 15 is 0 Å². The minimum Gasteiger partial charge on any atom is -0.486 e. The number of hydrogen-bond donors (Lipinski definition) is 1.